The van der Waals surface area contributed by atoms with Crippen LogP contribution in [-0.4, -0.2) is 44.6 Å². The van der Waals surface area contributed by atoms with Crippen LogP contribution in [0.25, 0.3) is 0 Å². The minimum Gasteiger partial charge on any atom is -0.302 e. The van der Waals surface area contributed by atoms with Crippen LogP contribution in [0.3, 0.4) is 0 Å². The summed E-state index contributed by atoms with van der Waals surface area (Å²) in [5.41, 5.74) is 2.15. The van der Waals surface area contributed by atoms with Crippen molar-refractivity contribution in [1.29, 1.82) is 0 Å². The van der Waals surface area contributed by atoms with Gasteiger partial charge in [0.25, 0.3) is 5.91 Å². The number of rotatable bonds is 7. The maximum Gasteiger partial charge on any atom is 0.265 e. The number of halogens is 1. The summed E-state index contributed by atoms with van der Waals surface area (Å²) in [4.78, 5) is 13.4. The maximum absolute atomic E-state index is 13.9. The number of nitrogens with two attached hydrogens (primary N) is 1. The van der Waals surface area contributed by atoms with E-state index in [0.29, 0.717) is 6.54 Å². The number of amides is 1. The molecule has 1 aliphatic rings. The van der Waals surface area contributed by atoms with Crippen molar-refractivity contribution in [3.05, 3.63) is 35.1 Å². The van der Waals surface area contributed by atoms with E-state index in [1.54, 1.807) is 0 Å². The normalized spacial score (nSPS) is 15.7. The maximum atomic E-state index is 13.9. The molecule has 2 rings (SSSR count). The van der Waals surface area contributed by atoms with E-state index < -0.39 is 21.7 Å². The molecule has 0 aliphatic carbocycles. The summed E-state index contributed by atoms with van der Waals surface area (Å²) < 4.78 is 40.2. The van der Waals surface area contributed by atoms with E-state index in [4.69, 9.17) is 5.84 Å². The largest absolute Gasteiger partial charge is 0.302 e. The Balaban J connectivity index is 1.90. The lowest BCUT2D eigenvalue weighted by atomic mass is 10.1. The lowest BCUT2D eigenvalue weighted by molar-refractivity contribution is 0.0953. The Morgan fingerprint density at radius 2 is 2.00 bits per heavy atom. The summed E-state index contributed by atoms with van der Waals surface area (Å²) in [5.74, 6) is 3.70. The Labute approximate surface area is 135 Å². The number of carbonyl (C=O) groups is 1. The summed E-state index contributed by atoms with van der Waals surface area (Å²) in [6.45, 7) is 2.18. The molecule has 0 bridgehead atoms. The van der Waals surface area contributed by atoms with Gasteiger partial charge >= 0.3 is 0 Å². The molecule has 9 heteroatoms. The van der Waals surface area contributed by atoms with Crippen LogP contribution in [-0.2, 0) is 16.6 Å². The highest BCUT2D eigenvalue weighted by Gasteiger charge is 2.17. The fourth-order valence-electron chi connectivity index (χ4n) is 2.43. The third-order valence-corrected chi connectivity index (χ3v) is 5.11. The third-order valence-electron chi connectivity index (χ3n) is 3.80. The van der Waals surface area contributed by atoms with Crippen molar-refractivity contribution >= 4 is 15.9 Å². The van der Waals surface area contributed by atoms with Gasteiger partial charge in [0.1, 0.15) is 5.82 Å². The van der Waals surface area contributed by atoms with E-state index in [2.05, 4.69) is 9.62 Å². The number of hydrogen-bond acceptors (Lipinski definition) is 5. The Kier molecular flexibility index (Phi) is 6.05. The molecule has 0 radical (unpaired) electrons. The first kappa shape index (κ1) is 17.8. The monoisotopic (exact) mass is 344 g/mol. The van der Waals surface area contributed by atoms with Gasteiger partial charge in [0.05, 0.1) is 5.75 Å². The highest BCUT2D eigenvalue weighted by atomic mass is 32.2. The van der Waals surface area contributed by atoms with Crippen molar-refractivity contribution in [1.82, 2.24) is 15.0 Å². The molecule has 0 saturated carbocycles. The van der Waals surface area contributed by atoms with Crippen LogP contribution in [0.5, 0.6) is 0 Å². The van der Waals surface area contributed by atoms with Crippen molar-refractivity contribution < 1.29 is 17.6 Å². The van der Waals surface area contributed by atoms with E-state index >= 15 is 0 Å². The zero-order chi connectivity index (χ0) is 16.9. The highest BCUT2D eigenvalue weighted by molar-refractivity contribution is 7.89. The Hall–Kier alpha value is -1.55. The fraction of sp³-hybridized carbons (Fsp3) is 0.500. The Bertz CT molecular complexity index is 660. The zero-order valence-electron chi connectivity index (χ0n) is 12.7. The molecule has 0 atom stereocenters. The van der Waals surface area contributed by atoms with Crippen LogP contribution in [0.15, 0.2) is 18.2 Å². The molecule has 1 heterocycles. The number of sulfonamides is 1. The minimum absolute atomic E-state index is 0.0116. The van der Waals surface area contributed by atoms with Gasteiger partial charge in [-0.3, -0.25) is 10.2 Å². The standard InChI is InChI=1S/C14H21FN4O3S/c15-13-9-11(14(20)18-16)3-4-12(13)10-17-23(21,22)8-7-19-5-1-2-6-19/h3-4,9,17H,1-2,5-8,10,16H2,(H,18,20). The molecular weight excluding hydrogens is 323 g/mol. The van der Waals surface area contributed by atoms with Crippen molar-refractivity contribution in [2.24, 2.45) is 5.84 Å². The van der Waals surface area contributed by atoms with E-state index in [1.165, 1.54) is 12.1 Å². The number of carbonyl (C=O) groups excluding carboxylic acids is 1. The van der Waals surface area contributed by atoms with Crippen LogP contribution in [0, 0.1) is 5.82 Å². The van der Waals surface area contributed by atoms with Gasteiger partial charge in [-0.15, -0.1) is 0 Å². The molecular formula is C14H21FN4O3S. The first-order chi connectivity index (χ1) is 10.9. The second-order valence-corrected chi connectivity index (χ2v) is 7.39. The SMILES string of the molecule is NNC(=O)c1ccc(CNS(=O)(=O)CCN2CCCC2)c(F)c1. The molecule has 1 fully saturated rings. The average Bonchev–Trinajstić information content (AvgIpc) is 3.04. The molecule has 23 heavy (non-hydrogen) atoms. The summed E-state index contributed by atoms with van der Waals surface area (Å²) >= 11 is 0. The second-order valence-electron chi connectivity index (χ2n) is 5.47. The predicted octanol–water partition coefficient (Wildman–Crippen LogP) is -0.0556. The molecule has 1 saturated heterocycles. The van der Waals surface area contributed by atoms with Gasteiger partial charge in [-0.25, -0.2) is 23.4 Å². The topological polar surface area (TPSA) is 105 Å². The van der Waals surface area contributed by atoms with Crippen LogP contribution >= 0.6 is 0 Å². The van der Waals surface area contributed by atoms with Gasteiger partial charge in [0.15, 0.2) is 0 Å². The second kappa shape index (κ2) is 7.82. The number of likely N-dealkylation sites (tertiary alicyclic amines) is 1. The first-order valence-corrected chi connectivity index (χ1v) is 9.05. The van der Waals surface area contributed by atoms with Crippen molar-refractivity contribution in [3.63, 3.8) is 0 Å². The van der Waals surface area contributed by atoms with Crippen molar-refractivity contribution in [3.8, 4) is 0 Å². The summed E-state index contributed by atoms with van der Waals surface area (Å²) in [6, 6.07) is 3.78. The smallest absolute Gasteiger partial charge is 0.265 e. The number of nitrogens with zero attached hydrogens (tertiary/aromatic N) is 1. The van der Waals surface area contributed by atoms with Gasteiger partial charge in [0, 0.05) is 24.2 Å². The lowest BCUT2D eigenvalue weighted by Gasteiger charge is -2.15. The highest BCUT2D eigenvalue weighted by Crippen LogP contribution is 2.11. The van der Waals surface area contributed by atoms with Crippen molar-refractivity contribution in [2.45, 2.75) is 19.4 Å². The lowest BCUT2D eigenvalue weighted by Crippen LogP contribution is -2.33. The summed E-state index contributed by atoms with van der Waals surface area (Å²) in [5, 5.41) is 0. The first-order valence-electron chi connectivity index (χ1n) is 7.40. The van der Waals surface area contributed by atoms with Crippen LogP contribution < -0.4 is 16.0 Å². The van der Waals surface area contributed by atoms with Gasteiger partial charge in [0.2, 0.25) is 10.0 Å². The molecule has 1 aromatic rings. The number of nitrogen functional groups attached to an aromatic ring is 1. The third kappa shape index (κ3) is 5.24. The minimum atomic E-state index is -3.47. The van der Waals surface area contributed by atoms with Gasteiger partial charge in [-0.1, -0.05) is 6.07 Å². The quantitative estimate of drug-likeness (QED) is 0.365. The van der Waals surface area contributed by atoms with Gasteiger partial charge in [-0.2, -0.15) is 0 Å². The summed E-state index contributed by atoms with van der Waals surface area (Å²) in [6.07, 6.45) is 2.20. The fourth-order valence-corrected chi connectivity index (χ4v) is 3.45. The molecule has 1 aliphatic heterocycles. The number of benzene rings is 1. The molecule has 1 amide bonds. The van der Waals surface area contributed by atoms with Crippen LogP contribution in [0.4, 0.5) is 4.39 Å². The average molecular weight is 344 g/mol. The molecule has 0 unspecified atom stereocenters. The van der Waals surface area contributed by atoms with Crippen LogP contribution in [0.1, 0.15) is 28.8 Å². The van der Waals surface area contributed by atoms with E-state index in [-0.39, 0.29) is 23.4 Å². The number of hydrogen-bond donors (Lipinski definition) is 3. The molecule has 1 aromatic carbocycles. The predicted molar refractivity (Wildman–Crippen MR) is 84.4 cm³/mol. The van der Waals surface area contributed by atoms with Gasteiger partial charge in [-0.05, 0) is 38.1 Å². The molecule has 4 N–H and O–H groups in total. The molecule has 128 valence electrons. The van der Waals surface area contributed by atoms with E-state index in [1.807, 2.05) is 5.43 Å². The molecule has 0 aromatic heterocycles. The molecule has 7 nitrogen and oxygen atoms in total. The Morgan fingerprint density at radius 3 is 2.61 bits per heavy atom. The number of hydrazine groups is 1. The van der Waals surface area contributed by atoms with E-state index in [9.17, 15) is 17.6 Å². The van der Waals surface area contributed by atoms with Crippen LogP contribution in [0.2, 0.25) is 0 Å². The van der Waals surface area contributed by atoms with Crippen molar-refractivity contribution in [2.75, 3.05) is 25.4 Å². The molecule has 0 spiro atoms. The van der Waals surface area contributed by atoms with Gasteiger partial charge < -0.3 is 4.90 Å². The number of nitrogens with one attached hydrogen (secondary N) is 2. The van der Waals surface area contributed by atoms with E-state index in [0.717, 1.165) is 32.0 Å². The zero-order valence-corrected chi connectivity index (χ0v) is 13.5. The Morgan fingerprint density at radius 1 is 1.30 bits per heavy atom. The summed E-state index contributed by atoms with van der Waals surface area (Å²) in [7, 11) is -3.47.